The van der Waals surface area contributed by atoms with E-state index >= 15 is 0 Å². The van der Waals surface area contributed by atoms with Crippen LogP contribution in [0.1, 0.15) is 163 Å². The third-order valence-electron chi connectivity index (χ3n) is 8.20. The molecule has 1 saturated carbocycles. The molecule has 7 heteroatoms. The number of amides is 1. The highest BCUT2D eigenvalue weighted by Crippen LogP contribution is 2.29. The minimum Gasteiger partial charge on any atom is -0.402 e. The minimum atomic E-state index is 0.139. The Morgan fingerprint density at radius 3 is 1.84 bits per heavy atom. The zero-order chi connectivity index (χ0) is 37.5. The van der Waals surface area contributed by atoms with Crippen molar-refractivity contribution in [2.24, 2.45) is 16.9 Å². The molecule has 2 heterocycles. The molecule has 0 unspecified atom stereocenters. The summed E-state index contributed by atoms with van der Waals surface area (Å²) >= 11 is 1.71. The summed E-state index contributed by atoms with van der Waals surface area (Å²) in [6.45, 7) is 23.4. The Hall–Kier alpha value is -2.51. The molecule has 1 saturated heterocycles. The number of hydrogen-bond donors (Lipinski definition) is 2. The van der Waals surface area contributed by atoms with Gasteiger partial charge in [-0.1, -0.05) is 124 Å². The molecule has 0 atom stereocenters. The van der Waals surface area contributed by atoms with Crippen LogP contribution in [-0.4, -0.2) is 42.2 Å². The van der Waals surface area contributed by atoms with Crippen LogP contribution in [0, 0.1) is 12.3 Å². The second-order valence-corrected chi connectivity index (χ2v) is 14.4. The van der Waals surface area contributed by atoms with E-state index in [0.29, 0.717) is 12.3 Å². The van der Waals surface area contributed by atoms with Crippen molar-refractivity contribution in [3.8, 4) is 10.4 Å². The maximum Gasteiger partial charge on any atom is 0.223 e. The second-order valence-electron chi connectivity index (χ2n) is 13.5. The van der Waals surface area contributed by atoms with Crippen molar-refractivity contribution in [3.63, 3.8) is 0 Å². The summed E-state index contributed by atoms with van der Waals surface area (Å²) in [4.78, 5) is 27.1. The van der Waals surface area contributed by atoms with Gasteiger partial charge in [-0.2, -0.15) is 0 Å². The average Bonchev–Trinajstić information content (AvgIpc) is 3.78. The quantitative estimate of drug-likeness (QED) is 0.202. The van der Waals surface area contributed by atoms with Gasteiger partial charge in [-0.25, -0.2) is 4.98 Å². The van der Waals surface area contributed by atoms with Gasteiger partial charge in [-0.05, 0) is 87.8 Å². The van der Waals surface area contributed by atoms with E-state index in [1.54, 1.807) is 16.9 Å². The van der Waals surface area contributed by atoms with Crippen molar-refractivity contribution in [3.05, 3.63) is 52.3 Å². The van der Waals surface area contributed by atoms with Crippen LogP contribution in [-0.2, 0) is 16.0 Å². The molecule has 0 bridgehead atoms. The number of hydrogen-bond acceptors (Lipinski definition) is 6. The van der Waals surface area contributed by atoms with Gasteiger partial charge in [0.2, 0.25) is 5.91 Å². The molecule has 4 N–H and O–H groups in total. The molecule has 1 aromatic carbocycles. The molecule has 6 nitrogen and oxygen atoms in total. The first-order valence-corrected chi connectivity index (χ1v) is 20.2. The van der Waals surface area contributed by atoms with Gasteiger partial charge in [0, 0.05) is 25.2 Å². The maximum absolute atomic E-state index is 11.6. The first-order chi connectivity index (χ1) is 23.6. The first-order valence-electron chi connectivity index (χ1n) is 19.4. The van der Waals surface area contributed by atoms with Gasteiger partial charge in [0.25, 0.3) is 0 Å². The molecule has 1 aliphatic heterocycles. The zero-order valence-electron chi connectivity index (χ0n) is 33.3. The van der Waals surface area contributed by atoms with Crippen molar-refractivity contribution in [2.75, 3.05) is 19.6 Å². The Bertz CT molecular complexity index is 1080. The molecule has 0 radical (unpaired) electrons. The molecular weight excluding hydrogens is 625 g/mol. The van der Waals surface area contributed by atoms with Crippen molar-refractivity contribution < 1.29 is 9.59 Å². The summed E-state index contributed by atoms with van der Waals surface area (Å²) in [6, 6.07) is 8.84. The maximum atomic E-state index is 11.6. The number of unbranched alkanes of at least 4 members (excludes halogenated alkanes) is 6. The number of aromatic nitrogens is 1. The van der Waals surface area contributed by atoms with E-state index in [4.69, 9.17) is 16.3 Å². The lowest BCUT2D eigenvalue weighted by Gasteiger charge is -2.22. The minimum absolute atomic E-state index is 0.139. The van der Waals surface area contributed by atoms with E-state index in [2.05, 4.69) is 63.9 Å². The highest BCUT2D eigenvalue weighted by Gasteiger charge is 2.23. The molecule has 2 fully saturated rings. The van der Waals surface area contributed by atoms with Crippen molar-refractivity contribution in [1.82, 2.24) is 9.88 Å². The smallest absolute Gasteiger partial charge is 0.223 e. The van der Waals surface area contributed by atoms with Crippen LogP contribution in [0.25, 0.3) is 10.4 Å². The normalized spacial score (nSPS) is 12.9. The lowest BCUT2D eigenvalue weighted by Crippen LogP contribution is -2.30. The van der Waals surface area contributed by atoms with Crippen LogP contribution in [0.5, 0.6) is 0 Å². The molecule has 1 amide bonds. The predicted molar refractivity (Wildman–Crippen MR) is 217 cm³/mol. The van der Waals surface area contributed by atoms with Crippen LogP contribution in [0.3, 0.4) is 0 Å². The Labute approximate surface area is 306 Å². The summed E-state index contributed by atoms with van der Waals surface area (Å²) in [5, 5.41) is 0. The average molecular weight is 701 g/mol. The standard InChI is InChI=1S/C14H28N2.C13H15NS.C10H19NO.2C2H6.CH2O/c15-12-7-5-3-1-2-4-6-11-14(16)13-9-8-10-13;1-3-4-11-5-7-12(8-6-11)13-10(2)14-9-15-13;1-10(2,3)8-9(12)11-6-4-5-7-11;3*1-2/h1-12,15-16H2;5-9H,3-4H2,1-2H3;4-8H2,1-3H3;2*1-2H3;1H2. The monoisotopic (exact) mass is 701 g/mol. The fourth-order valence-corrected chi connectivity index (χ4v) is 6.23. The van der Waals surface area contributed by atoms with Gasteiger partial charge < -0.3 is 21.2 Å². The summed E-state index contributed by atoms with van der Waals surface area (Å²) in [7, 11) is 0. The molecule has 1 aliphatic carbocycles. The SMILES string of the molecule is C=O.CC.CC.CC(C)(C)CC(=O)N1CCCC1.CCCc1ccc(-c2scnc2C)cc1.NCCCCCCCCCC(N)=C1CCC1. The van der Waals surface area contributed by atoms with E-state index in [-0.39, 0.29) is 5.41 Å². The lowest BCUT2D eigenvalue weighted by atomic mass is 9.89. The Kier molecular flexibility index (Phi) is 31.2. The third-order valence-corrected chi connectivity index (χ3v) is 9.18. The molecule has 0 spiro atoms. The lowest BCUT2D eigenvalue weighted by molar-refractivity contribution is -0.132. The van der Waals surface area contributed by atoms with Gasteiger partial charge in [0.05, 0.1) is 16.1 Å². The number of nitrogens with zero attached hydrogens (tertiary/aromatic N) is 2. The Morgan fingerprint density at radius 1 is 0.878 bits per heavy atom. The summed E-state index contributed by atoms with van der Waals surface area (Å²) in [5.74, 6) is 0.333. The topological polar surface area (TPSA) is 102 Å². The van der Waals surface area contributed by atoms with E-state index in [1.165, 1.54) is 112 Å². The van der Waals surface area contributed by atoms with Crippen LogP contribution in [0.2, 0.25) is 0 Å². The molecule has 49 heavy (non-hydrogen) atoms. The van der Waals surface area contributed by atoms with E-state index in [1.807, 2.05) is 44.9 Å². The number of rotatable bonds is 13. The number of carbonyl (C=O) groups is 2. The fraction of sp³-hybridized carbons (Fsp3) is 0.690. The van der Waals surface area contributed by atoms with Crippen LogP contribution < -0.4 is 11.5 Å². The van der Waals surface area contributed by atoms with Crippen molar-refractivity contribution in [2.45, 2.75) is 165 Å². The number of nitrogens with two attached hydrogens (primary N) is 2. The summed E-state index contributed by atoms with van der Waals surface area (Å²) in [5.41, 5.74) is 20.1. The Morgan fingerprint density at radius 2 is 1.41 bits per heavy atom. The molecular formula is C42H76N4O2S. The Balaban J connectivity index is 0. The van der Waals surface area contributed by atoms with Crippen LogP contribution in [0.4, 0.5) is 0 Å². The predicted octanol–water partition coefficient (Wildman–Crippen LogP) is 11.4. The number of allylic oxidation sites excluding steroid dienone is 2. The highest BCUT2D eigenvalue weighted by molar-refractivity contribution is 7.13. The van der Waals surface area contributed by atoms with Gasteiger partial charge in [-0.3, -0.25) is 4.79 Å². The van der Waals surface area contributed by atoms with E-state index < -0.39 is 0 Å². The molecule has 1 aromatic heterocycles. The zero-order valence-corrected chi connectivity index (χ0v) is 34.1. The largest absolute Gasteiger partial charge is 0.402 e. The number of benzene rings is 1. The number of thiazole rings is 1. The van der Waals surface area contributed by atoms with Gasteiger partial charge in [0.15, 0.2) is 0 Å². The highest BCUT2D eigenvalue weighted by atomic mass is 32.1. The number of aryl methyl sites for hydroxylation is 2. The van der Waals surface area contributed by atoms with E-state index in [0.717, 1.165) is 31.7 Å². The number of carbonyl (C=O) groups excluding carboxylic acids is 2. The van der Waals surface area contributed by atoms with Gasteiger partial charge in [-0.15, -0.1) is 11.3 Å². The number of likely N-dealkylation sites (tertiary alicyclic amines) is 1. The fourth-order valence-electron chi connectivity index (χ4n) is 5.42. The van der Waals surface area contributed by atoms with Crippen molar-refractivity contribution in [1.29, 1.82) is 0 Å². The molecule has 4 rings (SSSR count). The van der Waals surface area contributed by atoms with Crippen LogP contribution in [0.15, 0.2) is 41.0 Å². The van der Waals surface area contributed by atoms with Crippen LogP contribution >= 0.6 is 11.3 Å². The molecule has 282 valence electrons. The summed E-state index contributed by atoms with van der Waals surface area (Å²) in [6.07, 6.45) is 19.7. The van der Waals surface area contributed by atoms with E-state index in [9.17, 15) is 4.79 Å². The van der Waals surface area contributed by atoms with Crippen molar-refractivity contribution >= 4 is 24.0 Å². The van der Waals surface area contributed by atoms with Gasteiger partial charge >= 0.3 is 0 Å². The summed E-state index contributed by atoms with van der Waals surface area (Å²) < 4.78 is 0. The third kappa shape index (κ3) is 23.5. The molecule has 2 aliphatic rings. The second kappa shape index (κ2) is 31.5. The molecule has 2 aromatic rings. The van der Waals surface area contributed by atoms with Gasteiger partial charge in [0.1, 0.15) is 6.79 Å². The first kappa shape index (κ1) is 48.6.